The summed E-state index contributed by atoms with van der Waals surface area (Å²) in [6.45, 7) is 0.168. The van der Waals surface area contributed by atoms with Crippen molar-refractivity contribution in [3.8, 4) is 11.6 Å². The molecule has 1 aromatic carbocycles. The molecule has 1 aliphatic rings. The monoisotopic (exact) mass is 362 g/mol. The van der Waals surface area contributed by atoms with Crippen molar-refractivity contribution < 1.29 is 17.9 Å². The van der Waals surface area contributed by atoms with E-state index in [0.717, 1.165) is 18.4 Å². The highest BCUT2D eigenvalue weighted by atomic mass is 32.2. The molecule has 2 aromatic rings. The normalized spacial score (nSPS) is 15.2. The standard InChI is InChI=1S/C18H22N2O4S/c1-23-18-12-14(10-11-19-18)13-20-25(21,22)17-8-6-16(7-9-17)24-15-4-2-3-5-15/h6-12,15,20H,2-5,13H2,1H3. The van der Waals surface area contributed by atoms with Gasteiger partial charge in [0, 0.05) is 18.8 Å². The number of hydrogen-bond donors (Lipinski definition) is 1. The number of rotatable bonds is 7. The Morgan fingerprint density at radius 2 is 1.88 bits per heavy atom. The number of benzene rings is 1. The Morgan fingerprint density at radius 1 is 1.16 bits per heavy atom. The van der Waals surface area contributed by atoms with Crippen molar-refractivity contribution in [2.24, 2.45) is 0 Å². The van der Waals surface area contributed by atoms with Crippen molar-refractivity contribution >= 4 is 10.0 Å². The van der Waals surface area contributed by atoms with Crippen LogP contribution in [0.25, 0.3) is 0 Å². The first-order chi connectivity index (χ1) is 12.1. The molecule has 0 amide bonds. The van der Waals surface area contributed by atoms with Crippen molar-refractivity contribution in [1.82, 2.24) is 9.71 Å². The van der Waals surface area contributed by atoms with E-state index in [2.05, 4.69) is 9.71 Å². The predicted molar refractivity (Wildman–Crippen MR) is 94.1 cm³/mol. The van der Waals surface area contributed by atoms with E-state index in [4.69, 9.17) is 9.47 Å². The van der Waals surface area contributed by atoms with Crippen LogP contribution in [0.4, 0.5) is 0 Å². The first-order valence-corrected chi connectivity index (χ1v) is 9.80. The maximum Gasteiger partial charge on any atom is 0.240 e. The van der Waals surface area contributed by atoms with Crippen LogP contribution in [-0.2, 0) is 16.6 Å². The van der Waals surface area contributed by atoms with Gasteiger partial charge in [0.2, 0.25) is 15.9 Å². The van der Waals surface area contributed by atoms with Gasteiger partial charge in [-0.3, -0.25) is 0 Å². The summed E-state index contributed by atoms with van der Waals surface area (Å²) in [5, 5.41) is 0. The van der Waals surface area contributed by atoms with Gasteiger partial charge in [0.05, 0.1) is 18.1 Å². The van der Waals surface area contributed by atoms with Gasteiger partial charge in [-0.25, -0.2) is 18.1 Å². The molecule has 0 radical (unpaired) electrons. The molecule has 0 bridgehead atoms. The van der Waals surface area contributed by atoms with Crippen LogP contribution in [0.1, 0.15) is 31.2 Å². The van der Waals surface area contributed by atoms with Gasteiger partial charge in [0.1, 0.15) is 5.75 Å². The minimum absolute atomic E-state index is 0.168. The second-order valence-corrected chi connectivity index (χ2v) is 7.79. The van der Waals surface area contributed by atoms with Gasteiger partial charge in [0.15, 0.2) is 0 Å². The summed E-state index contributed by atoms with van der Waals surface area (Å²) in [5.41, 5.74) is 0.775. The average molecular weight is 362 g/mol. The highest BCUT2D eigenvalue weighted by Crippen LogP contribution is 2.25. The topological polar surface area (TPSA) is 77.5 Å². The van der Waals surface area contributed by atoms with Crippen LogP contribution < -0.4 is 14.2 Å². The second kappa shape index (κ2) is 7.84. The largest absolute Gasteiger partial charge is 0.490 e. The Bertz CT molecular complexity index is 800. The summed E-state index contributed by atoms with van der Waals surface area (Å²) < 4.78 is 38.3. The molecule has 1 saturated carbocycles. The first-order valence-electron chi connectivity index (χ1n) is 8.32. The zero-order chi connectivity index (χ0) is 17.7. The van der Waals surface area contributed by atoms with E-state index in [9.17, 15) is 8.42 Å². The fourth-order valence-electron chi connectivity index (χ4n) is 2.83. The van der Waals surface area contributed by atoms with Crippen molar-refractivity contribution in [3.05, 3.63) is 48.2 Å². The van der Waals surface area contributed by atoms with Gasteiger partial charge in [0.25, 0.3) is 0 Å². The quantitative estimate of drug-likeness (QED) is 0.819. The minimum atomic E-state index is -3.59. The van der Waals surface area contributed by atoms with E-state index >= 15 is 0 Å². The highest BCUT2D eigenvalue weighted by Gasteiger charge is 2.18. The maximum absolute atomic E-state index is 12.4. The van der Waals surface area contributed by atoms with Gasteiger partial charge in [-0.2, -0.15) is 0 Å². The smallest absolute Gasteiger partial charge is 0.240 e. The number of hydrogen-bond acceptors (Lipinski definition) is 5. The Kier molecular flexibility index (Phi) is 5.55. The van der Waals surface area contributed by atoms with Gasteiger partial charge in [-0.05, 0) is 61.6 Å². The van der Waals surface area contributed by atoms with Crippen LogP contribution in [0.5, 0.6) is 11.6 Å². The van der Waals surface area contributed by atoms with E-state index in [1.165, 1.54) is 20.0 Å². The Hall–Kier alpha value is -2.12. The lowest BCUT2D eigenvalue weighted by Gasteiger charge is -2.13. The molecule has 1 N–H and O–H groups in total. The molecule has 3 rings (SSSR count). The summed E-state index contributed by atoms with van der Waals surface area (Å²) in [6, 6.07) is 9.99. The zero-order valence-electron chi connectivity index (χ0n) is 14.1. The van der Waals surface area contributed by atoms with Crippen molar-refractivity contribution in [2.45, 2.75) is 43.2 Å². The highest BCUT2D eigenvalue weighted by molar-refractivity contribution is 7.89. The SMILES string of the molecule is COc1cc(CNS(=O)(=O)c2ccc(OC3CCCC3)cc2)ccn1. The number of methoxy groups -OCH3 is 1. The molecule has 0 aliphatic heterocycles. The average Bonchev–Trinajstić information content (AvgIpc) is 3.14. The van der Waals surface area contributed by atoms with Crippen molar-refractivity contribution in [1.29, 1.82) is 0 Å². The van der Waals surface area contributed by atoms with Crippen LogP contribution in [0.2, 0.25) is 0 Å². The lowest BCUT2D eigenvalue weighted by atomic mass is 10.3. The van der Waals surface area contributed by atoms with Crippen LogP contribution >= 0.6 is 0 Å². The molecule has 1 aliphatic carbocycles. The van der Waals surface area contributed by atoms with Gasteiger partial charge < -0.3 is 9.47 Å². The molecule has 1 aromatic heterocycles. The van der Waals surface area contributed by atoms with Crippen LogP contribution in [0.3, 0.4) is 0 Å². The number of nitrogens with zero attached hydrogens (tertiary/aromatic N) is 1. The molecule has 1 heterocycles. The molecular formula is C18H22N2O4S. The molecule has 25 heavy (non-hydrogen) atoms. The third-order valence-electron chi connectivity index (χ3n) is 4.21. The molecule has 0 saturated heterocycles. The summed E-state index contributed by atoms with van der Waals surface area (Å²) in [6.07, 6.45) is 6.36. The van der Waals surface area contributed by atoms with Crippen LogP contribution in [0, 0.1) is 0 Å². The zero-order valence-corrected chi connectivity index (χ0v) is 15.0. The summed E-state index contributed by atoms with van der Waals surface area (Å²) in [5.74, 6) is 1.16. The minimum Gasteiger partial charge on any atom is -0.490 e. The Balaban J connectivity index is 1.62. The van der Waals surface area contributed by atoms with Crippen molar-refractivity contribution in [2.75, 3.05) is 7.11 Å². The van der Waals surface area contributed by atoms with Crippen LogP contribution in [-0.4, -0.2) is 26.6 Å². The van der Waals surface area contributed by atoms with E-state index in [1.54, 1.807) is 42.6 Å². The summed E-state index contributed by atoms with van der Waals surface area (Å²) in [4.78, 5) is 4.21. The number of sulfonamides is 1. The van der Waals surface area contributed by atoms with Crippen LogP contribution in [0.15, 0.2) is 47.5 Å². The van der Waals surface area contributed by atoms with E-state index in [-0.39, 0.29) is 17.5 Å². The molecule has 7 heteroatoms. The molecule has 0 atom stereocenters. The second-order valence-electron chi connectivity index (χ2n) is 6.03. The maximum atomic E-state index is 12.4. The van der Waals surface area contributed by atoms with Gasteiger partial charge in [-0.15, -0.1) is 0 Å². The predicted octanol–water partition coefficient (Wildman–Crippen LogP) is 2.89. The van der Waals surface area contributed by atoms with Gasteiger partial charge in [-0.1, -0.05) is 0 Å². The number of nitrogens with one attached hydrogen (secondary N) is 1. The van der Waals surface area contributed by atoms with E-state index in [0.29, 0.717) is 11.6 Å². The number of aromatic nitrogens is 1. The Morgan fingerprint density at radius 3 is 2.56 bits per heavy atom. The number of ether oxygens (including phenoxy) is 2. The third-order valence-corrected chi connectivity index (χ3v) is 5.63. The van der Waals surface area contributed by atoms with Crippen molar-refractivity contribution in [3.63, 3.8) is 0 Å². The number of pyridine rings is 1. The molecule has 6 nitrogen and oxygen atoms in total. The third kappa shape index (κ3) is 4.70. The fourth-order valence-corrected chi connectivity index (χ4v) is 3.85. The molecule has 1 fully saturated rings. The lowest BCUT2D eigenvalue weighted by molar-refractivity contribution is 0.210. The first kappa shape index (κ1) is 17.7. The molecule has 0 unspecified atom stereocenters. The van der Waals surface area contributed by atoms with Gasteiger partial charge >= 0.3 is 0 Å². The summed E-state index contributed by atoms with van der Waals surface area (Å²) in [7, 11) is -2.07. The molecular weight excluding hydrogens is 340 g/mol. The van der Waals surface area contributed by atoms with E-state index < -0.39 is 10.0 Å². The summed E-state index contributed by atoms with van der Waals surface area (Å²) >= 11 is 0. The molecule has 134 valence electrons. The van der Waals surface area contributed by atoms with E-state index in [1.807, 2.05) is 0 Å². The molecule has 0 spiro atoms. The fraction of sp³-hybridized carbons (Fsp3) is 0.389. The lowest BCUT2D eigenvalue weighted by Crippen LogP contribution is -2.23. The Labute approximate surface area is 148 Å².